The predicted molar refractivity (Wildman–Crippen MR) is 66.1 cm³/mol. The number of esters is 1. The van der Waals surface area contributed by atoms with E-state index in [2.05, 4.69) is 10.1 Å². The molecule has 0 radical (unpaired) electrons. The van der Waals surface area contributed by atoms with Gasteiger partial charge in [-0.05, 0) is 11.0 Å². The lowest BCUT2D eigenvalue weighted by Gasteiger charge is -2.08. The number of hydrogen-bond donors (Lipinski definition) is 1. The Kier molecular flexibility index (Phi) is 4.87. The first-order chi connectivity index (χ1) is 8.88. The molecule has 0 saturated carbocycles. The second kappa shape index (κ2) is 6.19. The van der Waals surface area contributed by atoms with Gasteiger partial charge in [0, 0.05) is 12.6 Å². The number of aromatic nitrogens is 1. The number of rotatable bonds is 5. The largest absolute Gasteiger partial charge is 0.468 e. The molecule has 0 fully saturated rings. The molecule has 9 heteroatoms. The van der Waals surface area contributed by atoms with Crippen molar-refractivity contribution in [3.8, 4) is 0 Å². The van der Waals surface area contributed by atoms with E-state index in [1.165, 1.54) is 26.3 Å². The van der Waals surface area contributed by atoms with Crippen LogP contribution < -0.4 is 5.32 Å². The van der Waals surface area contributed by atoms with Crippen molar-refractivity contribution in [1.82, 2.24) is 9.88 Å². The number of ether oxygens (including phenoxy) is 1. The highest BCUT2D eigenvalue weighted by Crippen LogP contribution is 2.14. The quantitative estimate of drug-likeness (QED) is 0.367. The summed E-state index contributed by atoms with van der Waals surface area (Å²) in [5.41, 5.74) is 0.0976. The van der Waals surface area contributed by atoms with Crippen LogP contribution in [0, 0.1) is 10.1 Å². The van der Waals surface area contributed by atoms with Gasteiger partial charge in [0.1, 0.15) is 5.38 Å². The second-order valence-electron chi connectivity index (χ2n) is 3.59. The number of nitro groups is 1. The average Bonchev–Trinajstić information content (AvgIpc) is 2.76. The fourth-order valence-electron chi connectivity index (χ4n) is 1.40. The topological polar surface area (TPSA) is 103 Å². The summed E-state index contributed by atoms with van der Waals surface area (Å²) in [5.74, 6) is -1.44. The van der Waals surface area contributed by atoms with Crippen molar-refractivity contribution < 1.29 is 19.2 Å². The lowest BCUT2D eigenvalue weighted by Crippen LogP contribution is -2.35. The van der Waals surface area contributed by atoms with Crippen LogP contribution in [-0.4, -0.2) is 40.4 Å². The minimum Gasteiger partial charge on any atom is -0.468 e. The lowest BCUT2D eigenvalue weighted by molar-refractivity contribution is -0.391. The molecule has 8 nitrogen and oxygen atoms in total. The number of nitrogens with one attached hydrogen (secondary N) is 1. The van der Waals surface area contributed by atoms with Gasteiger partial charge in [-0.3, -0.25) is 9.59 Å². The second-order valence-corrected chi connectivity index (χ2v) is 4.12. The molecule has 0 spiro atoms. The molecule has 0 aliphatic heterocycles. The van der Waals surface area contributed by atoms with Gasteiger partial charge in [0.15, 0.2) is 5.69 Å². The maximum Gasteiger partial charge on any atom is 0.325 e. The molecule has 0 saturated heterocycles. The van der Waals surface area contributed by atoms with Crippen LogP contribution in [0.4, 0.5) is 5.82 Å². The molecule has 1 amide bonds. The van der Waals surface area contributed by atoms with Crippen LogP contribution in [0.25, 0.3) is 0 Å². The minimum atomic E-state index is -1.01. The number of hydrogen-bond acceptors (Lipinski definition) is 5. The summed E-state index contributed by atoms with van der Waals surface area (Å²) in [7, 11) is 2.58. The first-order valence-corrected chi connectivity index (χ1v) is 5.62. The molecule has 1 atom stereocenters. The Balaban J connectivity index is 2.69. The maximum atomic E-state index is 11.8. The molecule has 0 aliphatic carbocycles. The summed E-state index contributed by atoms with van der Waals surface area (Å²) in [4.78, 5) is 32.8. The highest BCUT2D eigenvalue weighted by Gasteiger charge is 2.22. The lowest BCUT2D eigenvalue weighted by atomic mass is 10.3. The summed E-state index contributed by atoms with van der Waals surface area (Å²) >= 11 is 5.65. The van der Waals surface area contributed by atoms with Crippen LogP contribution in [0.2, 0.25) is 0 Å². The van der Waals surface area contributed by atoms with Gasteiger partial charge >= 0.3 is 11.8 Å². The van der Waals surface area contributed by atoms with Gasteiger partial charge in [0.25, 0.3) is 5.91 Å². The van der Waals surface area contributed by atoms with E-state index < -0.39 is 22.2 Å². The molecule has 104 valence electrons. The van der Waals surface area contributed by atoms with Crippen LogP contribution in [-0.2, 0) is 16.6 Å². The molecule has 1 unspecified atom stereocenters. The van der Waals surface area contributed by atoms with E-state index in [1.807, 2.05) is 0 Å². The fourth-order valence-corrected chi connectivity index (χ4v) is 1.56. The van der Waals surface area contributed by atoms with E-state index in [1.54, 1.807) is 0 Å². The standard InChI is InChI=1S/C10H12ClN3O5/c1-13-7(3-4-8(13)14(17)18)9(15)12-5-6(11)10(16)19-2/h3-4,6H,5H2,1-2H3,(H,12,15). The summed E-state index contributed by atoms with van der Waals surface area (Å²) in [5, 5.41) is 12.0. The number of carbonyl (C=O) groups excluding carboxylic acids is 2. The Bertz CT molecular complexity index is 513. The van der Waals surface area contributed by atoms with Crippen molar-refractivity contribution in [2.75, 3.05) is 13.7 Å². The van der Waals surface area contributed by atoms with Crippen molar-refractivity contribution in [2.24, 2.45) is 7.05 Å². The molecule has 19 heavy (non-hydrogen) atoms. The zero-order valence-electron chi connectivity index (χ0n) is 10.3. The monoisotopic (exact) mass is 289 g/mol. The summed E-state index contributed by atoms with van der Waals surface area (Å²) in [6, 6.07) is 2.53. The number of amides is 1. The van der Waals surface area contributed by atoms with E-state index in [0.717, 1.165) is 4.57 Å². The van der Waals surface area contributed by atoms with Crippen LogP contribution in [0.1, 0.15) is 10.5 Å². The van der Waals surface area contributed by atoms with Gasteiger partial charge in [0.05, 0.1) is 14.2 Å². The molecule has 0 aromatic carbocycles. The Morgan fingerprint density at radius 1 is 1.58 bits per heavy atom. The Morgan fingerprint density at radius 3 is 2.68 bits per heavy atom. The average molecular weight is 290 g/mol. The zero-order chi connectivity index (χ0) is 14.6. The van der Waals surface area contributed by atoms with Crippen molar-refractivity contribution in [3.63, 3.8) is 0 Å². The highest BCUT2D eigenvalue weighted by molar-refractivity contribution is 6.30. The zero-order valence-corrected chi connectivity index (χ0v) is 11.0. The first-order valence-electron chi connectivity index (χ1n) is 5.18. The summed E-state index contributed by atoms with van der Waals surface area (Å²) in [6.45, 7) is -0.133. The van der Waals surface area contributed by atoms with Crippen molar-refractivity contribution in [3.05, 3.63) is 27.9 Å². The van der Waals surface area contributed by atoms with E-state index in [4.69, 9.17) is 11.6 Å². The smallest absolute Gasteiger partial charge is 0.325 e. The van der Waals surface area contributed by atoms with Crippen LogP contribution in [0.5, 0.6) is 0 Å². The van der Waals surface area contributed by atoms with Crippen molar-refractivity contribution >= 4 is 29.3 Å². The SMILES string of the molecule is COC(=O)C(Cl)CNC(=O)c1ccc([N+](=O)[O-])n1C. The van der Waals surface area contributed by atoms with Gasteiger partial charge in [-0.25, -0.2) is 4.57 Å². The molecular formula is C10H12ClN3O5. The van der Waals surface area contributed by atoms with Gasteiger partial charge in [0.2, 0.25) is 0 Å². The normalized spacial score (nSPS) is 11.7. The Hall–Kier alpha value is -2.09. The number of halogens is 1. The number of alkyl halides is 1. The van der Waals surface area contributed by atoms with Crippen LogP contribution in [0.15, 0.2) is 12.1 Å². The van der Waals surface area contributed by atoms with Gasteiger partial charge in [-0.1, -0.05) is 0 Å². The molecule has 1 aromatic rings. The molecule has 0 aliphatic rings. The summed E-state index contributed by atoms with van der Waals surface area (Å²) in [6.07, 6.45) is 0. The van der Waals surface area contributed by atoms with Crippen LogP contribution >= 0.6 is 11.6 Å². The number of nitrogens with zero attached hydrogens (tertiary/aromatic N) is 2. The fraction of sp³-hybridized carbons (Fsp3) is 0.400. The van der Waals surface area contributed by atoms with Gasteiger partial charge < -0.3 is 20.2 Å². The molecule has 1 heterocycles. The maximum absolute atomic E-state index is 11.8. The third-order valence-corrected chi connectivity index (χ3v) is 2.75. The Labute approximate surface area is 113 Å². The predicted octanol–water partition coefficient (Wildman–Crippen LogP) is 0.443. The van der Waals surface area contributed by atoms with E-state index in [-0.39, 0.29) is 18.1 Å². The van der Waals surface area contributed by atoms with E-state index in [9.17, 15) is 19.7 Å². The van der Waals surface area contributed by atoms with Gasteiger partial charge in [-0.2, -0.15) is 0 Å². The minimum absolute atomic E-state index is 0.0976. The molecule has 1 N–H and O–H groups in total. The van der Waals surface area contributed by atoms with Crippen LogP contribution in [0.3, 0.4) is 0 Å². The van der Waals surface area contributed by atoms with Crippen molar-refractivity contribution in [1.29, 1.82) is 0 Å². The van der Waals surface area contributed by atoms with E-state index in [0.29, 0.717) is 0 Å². The van der Waals surface area contributed by atoms with E-state index >= 15 is 0 Å². The van der Waals surface area contributed by atoms with Gasteiger partial charge in [-0.15, -0.1) is 11.6 Å². The third kappa shape index (κ3) is 3.44. The molecule has 0 bridgehead atoms. The highest BCUT2D eigenvalue weighted by atomic mass is 35.5. The molecular weight excluding hydrogens is 278 g/mol. The summed E-state index contributed by atoms with van der Waals surface area (Å²) < 4.78 is 5.53. The van der Waals surface area contributed by atoms with Crippen molar-refractivity contribution in [2.45, 2.75) is 5.38 Å². The third-order valence-electron chi connectivity index (χ3n) is 2.41. The molecule has 1 rings (SSSR count). The number of carbonyl (C=O) groups is 2. The molecule has 1 aromatic heterocycles. The number of methoxy groups -OCH3 is 1. The first kappa shape index (κ1) is 15.0. The Morgan fingerprint density at radius 2 is 2.21 bits per heavy atom.